The van der Waals surface area contributed by atoms with Crippen LogP contribution in [-0.2, 0) is 14.0 Å². The fraction of sp³-hybridized carbons (Fsp3) is 0.579. The molecule has 0 aliphatic carbocycles. The average molecular weight is 395 g/mol. The van der Waals surface area contributed by atoms with E-state index in [2.05, 4.69) is 10.3 Å². The Kier molecular flexibility index (Phi) is 6.29. The minimum Gasteiger partial charge on any atom is -0.444 e. The highest BCUT2D eigenvalue weighted by Crippen LogP contribution is 2.38. The average Bonchev–Trinajstić information content (AvgIpc) is 2.70. The molecule has 0 radical (unpaired) electrons. The third-order valence-electron chi connectivity index (χ3n) is 4.47. The van der Waals surface area contributed by atoms with Crippen LogP contribution in [0.1, 0.15) is 54.0 Å². The third-order valence-corrected chi connectivity index (χ3v) is 4.68. The Morgan fingerprint density at radius 2 is 1.85 bits per heavy atom. The number of halogens is 1. The zero-order chi connectivity index (χ0) is 20.5. The number of aromatic nitrogens is 1. The van der Waals surface area contributed by atoms with Crippen LogP contribution < -0.4 is 5.32 Å². The first kappa shape index (κ1) is 21.7. The van der Waals surface area contributed by atoms with E-state index in [0.29, 0.717) is 5.02 Å². The molecule has 1 fully saturated rings. The van der Waals surface area contributed by atoms with Gasteiger partial charge >= 0.3 is 13.2 Å². The van der Waals surface area contributed by atoms with E-state index in [4.69, 9.17) is 25.6 Å². The van der Waals surface area contributed by atoms with Crippen LogP contribution in [0.4, 0.5) is 4.79 Å². The first-order chi connectivity index (χ1) is 12.3. The minimum absolute atomic E-state index is 0.207. The first-order valence-corrected chi connectivity index (χ1v) is 9.30. The monoisotopic (exact) mass is 394 g/mol. The Labute approximate surface area is 166 Å². The summed E-state index contributed by atoms with van der Waals surface area (Å²) >= 11 is 6.03. The fourth-order valence-electron chi connectivity index (χ4n) is 2.41. The van der Waals surface area contributed by atoms with Gasteiger partial charge in [-0.1, -0.05) is 17.7 Å². The standard InChI is InChI=1S/C19H28BClN2O4/c1-17(2,3)25-16(24)23-11-14(8-13-9-15(21)12-22-10-13)20-26-18(4,5)19(6,7)27-20/h8-10,12H,11H2,1-7H3,(H,23,24). The molecule has 27 heavy (non-hydrogen) atoms. The van der Waals surface area contributed by atoms with Gasteiger partial charge in [-0.05, 0) is 65.6 Å². The number of amides is 1. The molecular weight excluding hydrogens is 366 g/mol. The number of hydrogen-bond donors (Lipinski definition) is 1. The van der Waals surface area contributed by atoms with Gasteiger partial charge in [0.2, 0.25) is 0 Å². The van der Waals surface area contributed by atoms with Crippen molar-refractivity contribution in [3.05, 3.63) is 34.5 Å². The SMILES string of the molecule is CC(C)(C)OC(=O)NCC(=Cc1cncc(Cl)c1)B1OC(C)(C)C(C)(C)O1. The van der Waals surface area contributed by atoms with Crippen LogP contribution in [0.5, 0.6) is 0 Å². The number of rotatable bonds is 4. The van der Waals surface area contributed by atoms with Crippen molar-refractivity contribution in [3.8, 4) is 0 Å². The van der Waals surface area contributed by atoms with Crippen molar-refractivity contribution in [2.45, 2.75) is 65.3 Å². The van der Waals surface area contributed by atoms with Gasteiger partial charge in [0.25, 0.3) is 0 Å². The van der Waals surface area contributed by atoms with Gasteiger partial charge < -0.3 is 19.4 Å². The summed E-state index contributed by atoms with van der Waals surface area (Å²) in [4.78, 5) is 16.2. The number of carbonyl (C=O) groups excluding carboxylic acids is 1. The zero-order valence-corrected chi connectivity index (χ0v) is 17.8. The van der Waals surface area contributed by atoms with Crippen molar-refractivity contribution in [3.63, 3.8) is 0 Å². The lowest BCUT2D eigenvalue weighted by molar-refractivity contribution is 0.00578. The van der Waals surface area contributed by atoms with Crippen molar-refractivity contribution in [1.82, 2.24) is 10.3 Å². The molecule has 0 spiro atoms. The van der Waals surface area contributed by atoms with Gasteiger partial charge in [0, 0.05) is 18.9 Å². The van der Waals surface area contributed by atoms with E-state index >= 15 is 0 Å². The Hall–Kier alpha value is -1.57. The molecule has 0 unspecified atom stereocenters. The van der Waals surface area contributed by atoms with Crippen LogP contribution in [0.2, 0.25) is 5.02 Å². The topological polar surface area (TPSA) is 69.7 Å². The molecule has 148 valence electrons. The van der Waals surface area contributed by atoms with Crippen LogP contribution in [0.25, 0.3) is 6.08 Å². The lowest BCUT2D eigenvalue weighted by Crippen LogP contribution is -2.41. The normalized spacial score (nSPS) is 19.1. The molecule has 1 saturated heterocycles. The number of carbonyl (C=O) groups is 1. The number of nitrogens with zero attached hydrogens (tertiary/aromatic N) is 1. The molecule has 1 aromatic rings. The number of ether oxygens (including phenoxy) is 1. The van der Waals surface area contributed by atoms with Crippen molar-refractivity contribution < 1.29 is 18.8 Å². The van der Waals surface area contributed by atoms with Crippen molar-refractivity contribution in [1.29, 1.82) is 0 Å². The molecule has 0 saturated carbocycles. The molecule has 2 rings (SSSR count). The van der Waals surface area contributed by atoms with Gasteiger partial charge in [-0.15, -0.1) is 0 Å². The van der Waals surface area contributed by atoms with E-state index in [1.54, 1.807) is 18.5 Å². The van der Waals surface area contributed by atoms with Crippen molar-refractivity contribution in [2.75, 3.05) is 6.54 Å². The van der Waals surface area contributed by atoms with Gasteiger partial charge in [0.15, 0.2) is 0 Å². The summed E-state index contributed by atoms with van der Waals surface area (Å²) in [6.07, 6.45) is 4.60. The molecule has 0 aromatic carbocycles. The Balaban J connectivity index is 2.23. The summed E-state index contributed by atoms with van der Waals surface area (Å²) in [6.45, 7) is 13.6. The highest BCUT2D eigenvalue weighted by atomic mass is 35.5. The van der Waals surface area contributed by atoms with Gasteiger partial charge in [-0.3, -0.25) is 4.98 Å². The molecule has 2 heterocycles. The van der Waals surface area contributed by atoms with Crippen molar-refractivity contribution in [2.24, 2.45) is 0 Å². The highest BCUT2D eigenvalue weighted by Gasteiger charge is 2.52. The van der Waals surface area contributed by atoms with Crippen molar-refractivity contribution >= 4 is 30.9 Å². The highest BCUT2D eigenvalue weighted by molar-refractivity contribution is 6.56. The second kappa shape index (κ2) is 7.82. The van der Waals surface area contributed by atoms with Gasteiger partial charge in [0.1, 0.15) is 5.60 Å². The summed E-state index contributed by atoms with van der Waals surface area (Å²) in [5.74, 6) is 0. The smallest absolute Gasteiger partial charge is 0.444 e. The summed E-state index contributed by atoms with van der Waals surface area (Å²) in [7, 11) is -0.607. The van der Waals surface area contributed by atoms with E-state index in [1.165, 1.54) is 0 Å². The molecule has 8 heteroatoms. The molecular formula is C19H28BClN2O4. The number of hydrogen-bond acceptors (Lipinski definition) is 5. The Morgan fingerprint density at radius 3 is 2.37 bits per heavy atom. The fourth-order valence-corrected chi connectivity index (χ4v) is 2.59. The third kappa shape index (κ3) is 5.96. The predicted molar refractivity (Wildman–Crippen MR) is 108 cm³/mol. The van der Waals surface area contributed by atoms with Crippen LogP contribution in [0.3, 0.4) is 0 Å². The van der Waals surface area contributed by atoms with E-state index in [1.807, 2.05) is 54.5 Å². The molecule has 0 atom stereocenters. The van der Waals surface area contributed by atoms with Crippen LogP contribution in [0, 0.1) is 0 Å². The predicted octanol–water partition coefficient (Wildman–Crippen LogP) is 4.27. The quantitative estimate of drug-likeness (QED) is 0.772. The van der Waals surface area contributed by atoms with Gasteiger partial charge in [-0.25, -0.2) is 4.79 Å². The van der Waals surface area contributed by atoms with Crippen LogP contribution in [0.15, 0.2) is 23.9 Å². The van der Waals surface area contributed by atoms with E-state index in [9.17, 15) is 4.79 Å². The molecule has 6 nitrogen and oxygen atoms in total. The first-order valence-electron chi connectivity index (χ1n) is 8.93. The summed E-state index contributed by atoms with van der Waals surface area (Å²) in [5.41, 5.74) is -0.0264. The summed E-state index contributed by atoms with van der Waals surface area (Å²) in [5, 5.41) is 3.29. The maximum atomic E-state index is 12.1. The lowest BCUT2D eigenvalue weighted by atomic mass is 9.77. The summed E-state index contributed by atoms with van der Waals surface area (Å²) in [6, 6.07) is 1.78. The molecule has 1 aliphatic heterocycles. The summed E-state index contributed by atoms with van der Waals surface area (Å²) < 4.78 is 17.6. The van der Waals surface area contributed by atoms with Gasteiger partial charge in [0.05, 0.1) is 16.2 Å². The second-order valence-corrected chi connectivity index (χ2v) is 9.04. The number of pyridine rings is 1. The van der Waals surface area contributed by atoms with Gasteiger partial charge in [-0.2, -0.15) is 0 Å². The maximum absolute atomic E-state index is 12.1. The Morgan fingerprint density at radius 1 is 1.26 bits per heavy atom. The van der Waals surface area contributed by atoms with Crippen LogP contribution >= 0.6 is 11.6 Å². The largest absolute Gasteiger partial charge is 0.492 e. The molecule has 0 bridgehead atoms. The molecule has 1 N–H and O–H groups in total. The zero-order valence-electron chi connectivity index (χ0n) is 17.1. The lowest BCUT2D eigenvalue weighted by Gasteiger charge is -2.32. The molecule has 1 aliphatic rings. The molecule has 1 aromatic heterocycles. The van der Waals surface area contributed by atoms with E-state index in [-0.39, 0.29) is 6.54 Å². The second-order valence-electron chi connectivity index (χ2n) is 8.60. The van der Waals surface area contributed by atoms with E-state index < -0.39 is 30.0 Å². The molecule has 1 amide bonds. The van der Waals surface area contributed by atoms with E-state index in [0.717, 1.165) is 11.0 Å². The van der Waals surface area contributed by atoms with Crippen LogP contribution in [-0.4, -0.2) is 41.5 Å². The minimum atomic E-state index is -0.607. The Bertz CT molecular complexity index is 713. The maximum Gasteiger partial charge on any atom is 0.492 e. The number of nitrogens with one attached hydrogen (secondary N) is 1. The number of alkyl carbamates (subject to hydrolysis) is 1.